The van der Waals surface area contributed by atoms with E-state index in [4.69, 9.17) is 9.47 Å². The van der Waals surface area contributed by atoms with Crippen LogP contribution in [0.3, 0.4) is 0 Å². The van der Waals surface area contributed by atoms with Crippen LogP contribution in [0.15, 0.2) is 18.2 Å². The monoisotopic (exact) mass is 294 g/mol. The molecular formula is C16H26N2O3. The van der Waals surface area contributed by atoms with Crippen LogP contribution in [-0.4, -0.2) is 51.2 Å². The minimum absolute atomic E-state index is 0.132. The maximum absolute atomic E-state index is 12.2. The van der Waals surface area contributed by atoms with Gasteiger partial charge in [0.1, 0.15) is 11.5 Å². The van der Waals surface area contributed by atoms with E-state index in [1.165, 1.54) is 0 Å². The molecule has 0 fully saturated rings. The van der Waals surface area contributed by atoms with Gasteiger partial charge in [0, 0.05) is 25.2 Å². The summed E-state index contributed by atoms with van der Waals surface area (Å²) in [5.74, 6) is 1.05. The number of methoxy groups -OCH3 is 2. The van der Waals surface area contributed by atoms with Crippen LogP contribution in [0.4, 0.5) is 0 Å². The first-order chi connectivity index (χ1) is 10.0. The highest BCUT2D eigenvalue weighted by atomic mass is 16.5. The third-order valence-electron chi connectivity index (χ3n) is 3.75. The largest absolute Gasteiger partial charge is 0.497 e. The van der Waals surface area contributed by atoms with Crippen molar-refractivity contribution in [2.45, 2.75) is 26.3 Å². The van der Waals surface area contributed by atoms with Crippen LogP contribution in [-0.2, 0) is 0 Å². The van der Waals surface area contributed by atoms with E-state index in [-0.39, 0.29) is 5.91 Å². The fourth-order valence-electron chi connectivity index (χ4n) is 1.96. The predicted molar refractivity (Wildman–Crippen MR) is 84.3 cm³/mol. The predicted octanol–water partition coefficient (Wildman–Crippen LogP) is 2.16. The Morgan fingerprint density at radius 2 is 2.05 bits per heavy atom. The molecule has 5 nitrogen and oxygen atoms in total. The van der Waals surface area contributed by atoms with E-state index in [0.717, 1.165) is 13.0 Å². The van der Waals surface area contributed by atoms with Gasteiger partial charge in [-0.2, -0.15) is 0 Å². The third kappa shape index (κ3) is 4.93. The van der Waals surface area contributed by atoms with Crippen molar-refractivity contribution in [3.05, 3.63) is 23.8 Å². The molecule has 5 heteroatoms. The van der Waals surface area contributed by atoms with E-state index in [1.807, 2.05) is 0 Å². The van der Waals surface area contributed by atoms with Crippen molar-refractivity contribution in [1.82, 2.24) is 10.2 Å². The molecule has 1 aromatic carbocycles. The van der Waals surface area contributed by atoms with Gasteiger partial charge in [0.25, 0.3) is 5.91 Å². The van der Waals surface area contributed by atoms with Crippen molar-refractivity contribution in [2.75, 3.05) is 34.4 Å². The second-order valence-electron chi connectivity index (χ2n) is 5.06. The molecule has 0 spiro atoms. The van der Waals surface area contributed by atoms with Crippen molar-refractivity contribution < 1.29 is 14.3 Å². The van der Waals surface area contributed by atoms with Gasteiger partial charge in [-0.3, -0.25) is 4.79 Å². The van der Waals surface area contributed by atoms with Gasteiger partial charge in [0.15, 0.2) is 0 Å². The lowest BCUT2D eigenvalue weighted by atomic mass is 10.1. The second-order valence-corrected chi connectivity index (χ2v) is 5.06. The minimum Gasteiger partial charge on any atom is -0.497 e. The molecule has 1 amide bonds. The highest BCUT2D eigenvalue weighted by molar-refractivity contribution is 5.97. The maximum atomic E-state index is 12.2. The number of hydrogen-bond donors (Lipinski definition) is 1. The van der Waals surface area contributed by atoms with Gasteiger partial charge in [-0.15, -0.1) is 0 Å². The summed E-state index contributed by atoms with van der Waals surface area (Å²) >= 11 is 0. The van der Waals surface area contributed by atoms with Crippen LogP contribution in [0.25, 0.3) is 0 Å². The lowest BCUT2D eigenvalue weighted by Crippen LogP contribution is -2.37. The molecule has 0 aliphatic rings. The topological polar surface area (TPSA) is 50.8 Å². The Hall–Kier alpha value is -1.75. The highest BCUT2D eigenvalue weighted by Crippen LogP contribution is 2.24. The van der Waals surface area contributed by atoms with Gasteiger partial charge in [0.2, 0.25) is 0 Å². The average Bonchev–Trinajstić information content (AvgIpc) is 2.52. The van der Waals surface area contributed by atoms with Crippen LogP contribution in [0.1, 0.15) is 30.6 Å². The minimum atomic E-state index is -0.132. The van der Waals surface area contributed by atoms with Crippen LogP contribution in [0.5, 0.6) is 11.5 Å². The molecule has 1 rings (SSSR count). The Morgan fingerprint density at radius 1 is 1.33 bits per heavy atom. The number of nitrogens with one attached hydrogen (secondary N) is 1. The zero-order chi connectivity index (χ0) is 15.8. The van der Waals surface area contributed by atoms with Crippen LogP contribution in [0.2, 0.25) is 0 Å². The van der Waals surface area contributed by atoms with Gasteiger partial charge < -0.3 is 19.7 Å². The van der Waals surface area contributed by atoms with Crippen molar-refractivity contribution in [1.29, 1.82) is 0 Å². The Bertz CT molecular complexity index is 463. The average molecular weight is 294 g/mol. The number of amides is 1. The number of carbonyl (C=O) groups is 1. The lowest BCUT2D eigenvalue weighted by Gasteiger charge is -2.23. The quantitative estimate of drug-likeness (QED) is 0.798. The van der Waals surface area contributed by atoms with Gasteiger partial charge in [-0.25, -0.2) is 0 Å². The molecule has 1 N–H and O–H groups in total. The molecule has 118 valence electrons. The summed E-state index contributed by atoms with van der Waals surface area (Å²) in [6.45, 7) is 5.75. The normalized spacial score (nSPS) is 12.1. The van der Waals surface area contributed by atoms with Crippen LogP contribution in [0, 0.1) is 0 Å². The number of nitrogens with zero attached hydrogens (tertiary/aromatic N) is 1. The van der Waals surface area contributed by atoms with Crippen molar-refractivity contribution in [3.63, 3.8) is 0 Å². The van der Waals surface area contributed by atoms with E-state index in [1.54, 1.807) is 32.4 Å². The molecule has 0 heterocycles. The molecule has 0 saturated heterocycles. The molecule has 0 aliphatic carbocycles. The zero-order valence-corrected chi connectivity index (χ0v) is 13.6. The number of likely N-dealkylation sites (N-methyl/N-ethyl adjacent to an activating group) is 1. The lowest BCUT2D eigenvalue weighted by molar-refractivity contribution is 0.0944. The summed E-state index contributed by atoms with van der Waals surface area (Å²) in [6.07, 6.45) is 1.09. The maximum Gasteiger partial charge on any atom is 0.255 e. The summed E-state index contributed by atoms with van der Waals surface area (Å²) in [4.78, 5) is 14.4. The summed E-state index contributed by atoms with van der Waals surface area (Å²) < 4.78 is 10.4. The van der Waals surface area contributed by atoms with Gasteiger partial charge >= 0.3 is 0 Å². The molecule has 0 saturated carbocycles. The second kappa shape index (κ2) is 8.52. The molecule has 1 aromatic rings. The molecule has 21 heavy (non-hydrogen) atoms. The Balaban J connectivity index is 2.60. The zero-order valence-electron chi connectivity index (χ0n) is 13.6. The first-order valence-corrected chi connectivity index (χ1v) is 7.23. The number of rotatable bonds is 8. The first-order valence-electron chi connectivity index (χ1n) is 7.23. The summed E-state index contributed by atoms with van der Waals surface area (Å²) in [7, 11) is 5.19. The fourth-order valence-corrected chi connectivity index (χ4v) is 1.96. The van der Waals surface area contributed by atoms with E-state index in [0.29, 0.717) is 29.6 Å². The Morgan fingerprint density at radius 3 is 2.62 bits per heavy atom. The number of hydrogen-bond acceptors (Lipinski definition) is 4. The van der Waals surface area contributed by atoms with Gasteiger partial charge in [0.05, 0.1) is 19.8 Å². The fraction of sp³-hybridized carbons (Fsp3) is 0.562. The molecule has 0 unspecified atom stereocenters. The Kier molecular flexibility index (Phi) is 7.02. The molecule has 0 bridgehead atoms. The smallest absolute Gasteiger partial charge is 0.255 e. The highest BCUT2D eigenvalue weighted by Gasteiger charge is 2.13. The van der Waals surface area contributed by atoms with E-state index in [2.05, 4.69) is 31.1 Å². The number of ether oxygens (including phenoxy) is 2. The SMILES string of the molecule is CC[C@@H](C)N(C)CCNC(=O)c1ccc(OC)cc1OC. The number of carbonyl (C=O) groups excluding carboxylic acids is 1. The molecule has 0 aromatic heterocycles. The van der Waals surface area contributed by atoms with Gasteiger partial charge in [-0.1, -0.05) is 6.92 Å². The molecule has 0 radical (unpaired) electrons. The van der Waals surface area contributed by atoms with E-state index < -0.39 is 0 Å². The summed E-state index contributed by atoms with van der Waals surface area (Å²) in [5, 5.41) is 2.92. The Labute approximate surface area is 127 Å². The van der Waals surface area contributed by atoms with Crippen molar-refractivity contribution >= 4 is 5.91 Å². The van der Waals surface area contributed by atoms with E-state index >= 15 is 0 Å². The number of benzene rings is 1. The summed E-state index contributed by atoms with van der Waals surface area (Å²) in [5.41, 5.74) is 0.518. The van der Waals surface area contributed by atoms with Crippen molar-refractivity contribution in [3.8, 4) is 11.5 Å². The summed E-state index contributed by atoms with van der Waals surface area (Å²) in [6, 6.07) is 5.69. The van der Waals surface area contributed by atoms with Gasteiger partial charge in [-0.05, 0) is 32.5 Å². The standard InChI is InChI=1S/C16H26N2O3/c1-6-12(2)18(3)10-9-17-16(19)14-8-7-13(20-4)11-15(14)21-5/h7-8,11-12H,6,9-10H2,1-5H3,(H,17,19)/t12-/m1/s1. The molecular weight excluding hydrogens is 268 g/mol. The first kappa shape index (κ1) is 17.3. The van der Waals surface area contributed by atoms with Crippen LogP contribution >= 0.6 is 0 Å². The third-order valence-corrected chi connectivity index (χ3v) is 3.75. The molecule has 1 atom stereocenters. The molecule has 0 aliphatic heterocycles. The van der Waals surface area contributed by atoms with E-state index in [9.17, 15) is 4.79 Å². The van der Waals surface area contributed by atoms with Crippen LogP contribution < -0.4 is 14.8 Å². The van der Waals surface area contributed by atoms with Crippen molar-refractivity contribution in [2.24, 2.45) is 0 Å².